The van der Waals surface area contributed by atoms with Gasteiger partial charge < -0.3 is 10.1 Å². The molecule has 142 valence electrons. The maximum atomic E-state index is 13.0. The van der Waals surface area contributed by atoms with Crippen molar-refractivity contribution in [2.24, 2.45) is 5.92 Å². The van der Waals surface area contributed by atoms with Gasteiger partial charge in [0.25, 0.3) is 0 Å². The van der Waals surface area contributed by atoms with Gasteiger partial charge in [0, 0.05) is 13.0 Å². The molecule has 0 saturated carbocycles. The van der Waals surface area contributed by atoms with Gasteiger partial charge in [-0.25, -0.2) is 0 Å². The Labute approximate surface area is 155 Å². The first-order valence-electron chi connectivity index (χ1n) is 8.65. The van der Waals surface area contributed by atoms with Crippen molar-refractivity contribution >= 4 is 11.4 Å². The number of carbonyl (C=O) groups is 1. The van der Waals surface area contributed by atoms with Crippen molar-refractivity contribution in [3.05, 3.63) is 77.2 Å². The van der Waals surface area contributed by atoms with E-state index in [0.717, 1.165) is 17.7 Å². The molecule has 0 fully saturated rings. The molecule has 3 nitrogen and oxygen atoms in total. The number of alkyl halides is 3. The lowest BCUT2D eigenvalue weighted by Crippen LogP contribution is -2.28. The summed E-state index contributed by atoms with van der Waals surface area (Å²) in [5.74, 6) is -0.224. The largest absolute Gasteiger partial charge is 0.467 e. The number of rotatable bonds is 5. The van der Waals surface area contributed by atoms with Crippen LogP contribution in [0.5, 0.6) is 0 Å². The molecule has 2 aromatic rings. The lowest BCUT2D eigenvalue weighted by molar-refractivity contribution is -0.137. The number of ketones is 1. The number of benzene rings is 2. The Balaban J connectivity index is 1.87. The lowest BCUT2D eigenvalue weighted by Gasteiger charge is -2.19. The summed E-state index contributed by atoms with van der Waals surface area (Å²) >= 11 is 0. The Morgan fingerprint density at radius 3 is 2.44 bits per heavy atom. The van der Waals surface area contributed by atoms with Gasteiger partial charge in [0.1, 0.15) is 0 Å². The molecule has 0 bridgehead atoms. The fraction of sp³-hybridized carbons (Fsp3) is 0.286. The lowest BCUT2D eigenvalue weighted by atomic mass is 9.90. The summed E-state index contributed by atoms with van der Waals surface area (Å²) in [6.45, 7) is 1.90. The van der Waals surface area contributed by atoms with Gasteiger partial charge in [-0.3, -0.25) is 4.79 Å². The van der Waals surface area contributed by atoms with Gasteiger partial charge in [0.2, 0.25) is 5.78 Å². The van der Waals surface area contributed by atoms with E-state index in [1.165, 1.54) is 12.1 Å². The van der Waals surface area contributed by atoms with Crippen LogP contribution in [0.2, 0.25) is 0 Å². The Kier molecular flexibility index (Phi) is 5.26. The second kappa shape index (κ2) is 7.47. The predicted octanol–water partition coefficient (Wildman–Crippen LogP) is 4.44. The molecule has 6 heteroatoms. The highest BCUT2D eigenvalue weighted by molar-refractivity contribution is 6.25. The molecule has 3 rings (SSSR count). The highest BCUT2D eigenvalue weighted by atomic mass is 19.4. The van der Waals surface area contributed by atoms with Gasteiger partial charge in [0.05, 0.1) is 11.1 Å². The third-order valence-electron chi connectivity index (χ3n) is 4.60. The molecule has 0 radical (unpaired) electrons. The van der Waals surface area contributed by atoms with Crippen LogP contribution < -0.4 is 5.32 Å². The topological polar surface area (TPSA) is 38.3 Å². The van der Waals surface area contributed by atoms with Crippen molar-refractivity contribution in [1.29, 1.82) is 0 Å². The van der Waals surface area contributed by atoms with Crippen LogP contribution in [0.25, 0.3) is 5.57 Å². The van der Waals surface area contributed by atoms with Crippen molar-refractivity contribution in [3.8, 4) is 0 Å². The number of nitrogens with one attached hydrogen (secondary N) is 1. The fourth-order valence-corrected chi connectivity index (χ4v) is 3.27. The molecule has 27 heavy (non-hydrogen) atoms. The van der Waals surface area contributed by atoms with E-state index in [0.29, 0.717) is 6.42 Å². The van der Waals surface area contributed by atoms with Crippen LogP contribution in [-0.4, -0.2) is 18.9 Å². The summed E-state index contributed by atoms with van der Waals surface area (Å²) in [7, 11) is 1.58. The van der Waals surface area contributed by atoms with Crippen molar-refractivity contribution in [2.75, 3.05) is 7.05 Å². The third-order valence-corrected chi connectivity index (χ3v) is 4.60. The van der Waals surface area contributed by atoms with Gasteiger partial charge in [-0.2, -0.15) is 13.2 Å². The third kappa shape index (κ3) is 3.99. The Morgan fingerprint density at radius 2 is 1.81 bits per heavy atom. The van der Waals surface area contributed by atoms with Crippen LogP contribution in [0.15, 0.2) is 60.5 Å². The zero-order chi connectivity index (χ0) is 19.6. The van der Waals surface area contributed by atoms with Gasteiger partial charge in [-0.05, 0) is 29.7 Å². The zero-order valence-corrected chi connectivity index (χ0v) is 15.0. The first-order chi connectivity index (χ1) is 12.8. The van der Waals surface area contributed by atoms with E-state index in [4.69, 9.17) is 4.74 Å². The molecule has 1 aliphatic heterocycles. The maximum Gasteiger partial charge on any atom is 0.416 e. The molecular formula is C21H20F3NO2. The summed E-state index contributed by atoms with van der Waals surface area (Å²) < 4.78 is 44.9. The van der Waals surface area contributed by atoms with Crippen LogP contribution in [0.1, 0.15) is 23.6 Å². The van der Waals surface area contributed by atoms with Crippen molar-refractivity contribution in [2.45, 2.75) is 25.6 Å². The number of hydrogen-bond donors (Lipinski definition) is 1. The van der Waals surface area contributed by atoms with E-state index in [2.05, 4.69) is 5.32 Å². The zero-order valence-electron chi connectivity index (χ0n) is 15.0. The first-order valence-corrected chi connectivity index (χ1v) is 8.65. The molecule has 0 amide bonds. The molecule has 1 heterocycles. The quantitative estimate of drug-likeness (QED) is 0.840. The summed E-state index contributed by atoms with van der Waals surface area (Å²) in [5.41, 5.74) is 0.638. The van der Waals surface area contributed by atoms with E-state index in [9.17, 15) is 18.0 Å². The predicted molar refractivity (Wildman–Crippen MR) is 96.6 cm³/mol. The Morgan fingerprint density at radius 1 is 1.11 bits per heavy atom. The minimum Gasteiger partial charge on any atom is -0.467 e. The van der Waals surface area contributed by atoms with Crippen LogP contribution in [-0.2, 0) is 22.1 Å². The molecule has 2 unspecified atom stereocenters. The summed E-state index contributed by atoms with van der Waals surface area (Å²) in [6, 6.07) is 14.5. The summed E-state index contributed by atoms with van der Waals surface area (Å²) in [4.78, 5) is 13.0. The number of carbonyl (C=O) groups excluding carboxylic acids is 1. The molecule has 1 aliphatic rings. The second-order valence-corrected chi connectivity index (χ2v) is 6.60. The smallest absolute Gasteiger partial charge is 0.416 e. The molecule has 0 spiro atoms. The highest BCUT2D eigenvalue weighted by Gasteiger charge is 2.40. The molecule has 2 atom stereocenters. The average Bonchev–Trinajstić information content (AvgIpc) is 2.98. The maximum absolute atomic E-state index is 13.0. The van der Waals surface area contributed by atoms with E-state index >= 15 is 0 Å². The molecule has 0 aromatic heterocycles. The minimum atomic E-state index is -4.47. The molecule has 2 aromatic carbocycles. The standard InChI is InChI=1S/C21H20F3NO2/c1-13(11-14-7-4-3-5-8-14)19-18(26)17(20(25-2)27-19)15-9-6-10-16(12-15)21(22,23)24/h3-10,12-13,19,25H,11H2,1-2H3. The highest BCUT2D eigenvalue weighted by Crippen LogP contribution is 2.36. The Bertz CT molecular complexity index is 859. The van der Waals surface area contributed by atoms with Gasteiger partial charge in [-0.1, -0.05) is 49.4 Å². The normalized spacial score (nSPS) is 18.4. The summed E-state index contributed by atoms with van der Waals surface area (Å²) in [6.07, 6.45) is -4.58. The second-order valence-electron chi connectivity index (χ2n) is 6.60. The number of Topliss-reactive ketones (excluding diaryl/α,β-unsaturated/α-hetero) is 1. The van der Waals surface area contributed by atoms with E-state index in [1.807, 2.05) is 37.3 Å². The van der Waals surface area contributed by atoms with E-state index in [-0.39, 0.29) is 28.7 Å². The van der Waals surface area contributed by atoms with Crippen LogP contribution >= 0.6 is 0 Å². The van der Waals surface area contributed by atoms with Gasteiger partial charge in [-0.15, -0.1) is 0 Å². The number of ether oxygens (including phenoxy) is 1. The van der Waals surface area contributed by atoms with Crippen molar-refractivity contribution in [1.82, 2.24) is 5.32 Å². The summed E-state index contributed by atoms with van der Waals surface area (Å²) in [5, 5.41) is 2.81. The number of halogens is 3. The Hall–Kier alpha value is -2.76. The van der Waals surface area contributed by atoms with Crippen molar-refractivity contribution < 1.29 is 22.7 Å². The monoisotopic (exact) mass is 375 g/mol. The molecule has 1 N–H and O–H groups in total. The van der Waals surface area contributed by atoms with Crippen LogP contribution in [0.4, 0.5) is 13.2 Å². The molecule has 0 aliphatic carbocycles. The van der Waals surface area contributed by atoms with Crippen LogP contribution in [0.3, 0.4) is 0 Å². The average molecular weight is 375 g/mol. The fourth-order valence-electron chi connectivity index (χ4n) is 3.27. The molecular weight excluding hydrogens is 355 g/mol. The van der Waals surface area contributed by atoms with E-state index < -0.39 is 17.8 Å². The van der Waals surface area contributed by atoms with Crippen LogP contribution in [0, 0.1) is 5.92 Å². The minimum absolute atomic E-state index is 0.133. The van der Waals surface area contributed by atoms with E-state index in [1.54, 1.807) is 7.05 Å². The first kappa shape index (κ1) is 19.0. The number of hydrogen-bond acceptors (Lipinski definition) is 3. The SMILES string of the molecule is CNC1=C(c2cccc(C(F)(F)F)c2)C(=O)C(C(C)Cc2ccccc2)O1. The molecule has 0 saturated heterocycles. The van der Waals surface area contributed by atoms with Crippen molar-refractivity contribution in [3.63, 3.8) is 0 Å². The van der Waals surface area contributed by atoms with Gasteiger partial charge >= 0.3 is 6.18 Å². The van der Waals surface area contributed by atoms with Gasteiger partial charge in [0.15, 0.2) is 12.0 Å².